The number of thioether (sulfide) groups is 1. The molecule has 3 nitrogen and oxygen atoms in total. The molecule has 0 aromatic heterocycles. The van der Waals surface area contributed by atoms with Crippen molar-refractivity contribution in [3.8, 4) is 0 Å². The third kappa shape index (κ3) is 5.01. The molecule has 0 radical (unpaired) electrons. The first kappa shape index (κ1) is 14.9. The number of hydrogen-bond donors (Lipinski definition) is 2. The number of nitrogens with one attached hydrogen (secondary N) is 1. The van der Waals surface area contributed by atoms with E-state index >= 15 is 0 Å². The van der Waals surface area contributed by atoms with Crippen molar-refractivity contribution in [1.82, 2.24) is 0 Å². The molecule has 1 aromatic carbocycles. The highest BCUT2D eigenvalue weighted by atomic mass is 32.2. The normalized spacial score (nSPS) is 12.2. The number of carbonyl (C=O) groups is 1. The Morgan fingerprint density at radius 3 is 2.83 bits per heavy atom. The van der Waals surface area contributed by atoms with Crippen molar-refractivity contribution in [1.29, 1.82) is 0 Å². The Bertz CT molecular complexity index is 415. The van der Waals surface area contributed by atoms with E-state index in [9.17, 15) is 13.6 Å². The molecule has 0 spiro atoms. The number of halogens is 2. The van der Waals surface area contributed by atoms with Gasteiger partial charge < -0.3 is 11.1 Å². The predicted molar refractivity (Wildman–Crippen MR) is 70.5 cm³/mol. The SMILES string of the molecule is CC(CN)CSCC(=O)Nc1ccc(F)cc1F. The first-order valence-corrected chi connectivity index (χ1v) is 6.71. The van der Waals surface area contributed by atoms with Crippen LogP contribution < -0.4 is 11.1 Å². The van der Waals surface area contributed by atoms with E-state index in [1.54, 1.807) is 0 Å². The molecule has 0 saturated heterocycles. The summed E-state index contributed by atoms with van der Waals surface area (Å²) >= 11 is 1.43. The Kier molecular flexibility index (Phi) is 6.07. The first-order valence-electron chi connectivity index (χ1n) is 5.55. The minimum absolute atomic E-state index is 0.00567. The summed E-state index contributed by atoms with van der Waals surface area (Å²) in [6, 6.07) is 3.04. The van der Waals surface area contributed by atoms with Crippen molar-refractivity contribution in [2.75, 3.05) is 23.4 Å². The Labute approximate surface area is 109 Å². The van der Waals surface area contributed by atoms with Gasteiger partial charge in [0.05, 0.1) is 11.4 Å². The first-order chi connectivity index (χ1) is 8.52. The van der Waals surface area contributed by atoms with Crippen molar-refractivity contribution in [3.63, 3.8) is 0 Å². The molecular weight excluding hydrogens is 258 g/mol. The molecule has 0 heterocycles. The maximum Gasteiger partial charge on any atom is 0.234 e. The molecule has 1 aromatic rings. The van der Waals surface area contributed by atoms with E-state index in [1.807, 2.05) is 6.92 Å². The van der Waals surface area contributed by atoms with Crippen LogP contribution in [0.2, 0.25) is 0 Å². The van der Waals surface area contributed by atoms with Crippen LogP contribution in [0, 0.1) is 17.6 Å². The lowest BCUT2D eigenvalue weighted by Gasteiger charge is -2.08. The predicted octanol–water partition coefficient (Wildman–Crippen LogP) is 2.23. The van der Waals surface area contributed by atoms with Crippen molar-refractivity contribution in [2.45, 2.75) is 6.92 Å². The molecule has 0 aliphatic rings. The van der Waals surface area contributed by atoms with E-state index in [-0.39, 0.29) is 17.3 Å². The van der Waals surface area contributed by atoms with Gasteiger partial charge in [-0.3, -0.25) is 4.79 Å². The van der Waals surface area contributed by atoms with E-state index < -0.39 is 11.6 Å². The highest BCUT2D eigenvalue weighted by Gasteiger charge is 2.08. The lowest BCUT2D eigenvalue weighted by molar-refractivity contribution is -0.113. The summed E-state index contributed by atoms with van der Waals surface area (Å²) in [6.07, 6.45) is 0. The quantitative estimate of drug-likeness (QED) is 0.836. The largest absolute Gasteiger partial charge is 0.330 e. The zero-order valence-corrected chi connectivity index (χ0v) is 10.9. The van der Waals surface area contributed by atoms with Gasteiger partial charge in [-0.2, -0.15) is 11.8 Å². The van der Waals surface area contributed by atoms with Gasteiger partial charge in [-0.15, -0.1) is 0 Å². The number of amides is 1. The van der Waals surface area contributed by atoms with Gasteiger partial charge in [-0.05, 0) is 30.3 Å². The molecule has 0 saturated carbocycles. The molecule has 6 heteroatoms. The van der Waals surface area contributed by atoms with Crippen LogP contribution in [0.25, 0.3) is 0 Å². The van der Waals surface area contributed by atoms with E-state index in [0.29, 0.717) is 12.5 Å². The Hall–Kier alpha value is -1.14. The number of rotatable bonds is 6. The average Bonchev–Trinajstić information content (AvgIpc) is 2.32. The molecule has 1 unspecified atom stereocenters. The van der Waals surface area contributed by atoms with Crippen LogP contribution in [0.15, 0.2) is 18.2 Å². The van der Waals surface area contributed by atoms with Crippen LogP contribution in [0.4, 0.5) is 14.5 Å². The van der Waals surface area contributed by atoms with E-state index in [4.69, 9.17) is 5.73 Å². The summed E-state index contributed by atoms with van der Waals surface area (Å²) in [5.41, 5.74) is 5.44. The summed E-state index contributed by atoms with van der Waals surface area (Å²) in [5, 5.41) is 2.40. The van der Waals surface area contributed by atoms with Gasteiger partial charge in [0, 0.05) is 6.07 Å². The molecule has 1 atom stereocenters. The second-order valence-electron chi connectivity index (χ2n) is 4.03. The third-order valence-electron chi connectivity index (χ3n) is 2.24. The number of benzene rings is 1. The minimum atomic E-state index is -0.774. The maximum atomic E-state index is 13.2. The average molecular weight is 274 g/mol. The fourth-order valence-corrected chi connectivity index (χ4v) is 2.11. The summed E-state index contributed by atoms with van der Waals surface area (Å²) in [4.78, 5) is 11.5. The van der Waals surface area contributed by atoms with Crippen LogP contribution in [0.5, 0.6) is 0 Å². The van der Waals surface area contributed by atoms with Gasteiger partial charge >= 0.3 is 0 Å². The third-order valence-corrected chi connectivity index (χ3v) is 3.51. The molecule has 1 rings (SSSR count). The van der Waals surface area contributed by atoms with E-state index in [0.717, 1.165) is 17.9 Å². The van der Waals surface area contributed by atoms with Crippen LogP contribution >= 0.6 is 11.8 Å². The van der Waals surface area contributed by atoms with Crippen molar-refractivity contribution < 1.29 is 13.6 Å². The molecule has 18 heavy (non-hydrogen) atoms. The van der Waals surface area contributed by atoms with Crippen molar-refractivity contribution >= 4 is 23.4 Å². The fraction of sp³-hybridized carbons (Fsp3) is 0.417. The van der Waals surface area contributed by atoms with Gasteiger partial charge in [0.2, 0.25) is 5.91 Å². The summed E-state index contributed by atoms with van der Waals surface area (Å²) in [7, 11) is 0. The van der Waals surface area contributed by atoms with Crippen LogP contribution in [0.1, 0.15) is 6.92 Å². The van der Waals surface area contributed by atoms with Gasteiger partial charge in [0.1, 0.15) is 11.6 Å². The van der Waals surface area contributed by atoms with Crippen LogP contribution in [-0.4, -0.2) is 24.0 Å². The highest BCUT2D eigenvalue weighted by molar-refractivity contribution is 7.99. The standard InChI is InChI=1S/C12H16F2N2OS/c1-8(5-15)6-18-7-12(17)16-11-3-2-9(13)4-10(11)14/h2-4,8H,5-7,15H2,1H3,(H,16,17). The zero-order valence-electron chi connectivity index (χ0n) is 10.1. The molecule has 0 bridgehead atoms. The van der Waals surface area contributed by atoms with Crippen LogP contribution in [-0.2, 0) is 4.79 Å². The molecule has 0 aliphatic carbocycles. The van der Waals surface area contributed by atoms with Gasteiger partial charge in [-0.25, -0.2) is 8.78 Å². The Morgan fingerprint density at radius 1 is 1.50 bits per heavy atom. The van der Waals surface area contributed by atoms with Crippen LogP contribution in [0.3, 0.4) is 0 Å². The lowest BCUT2D eigenvalue weighted by Crippen LogP contribution is -2.18. The lowest BCUT2D eigenvalue weighted by atomic mass is 10.2. The molecular formula is C12H16F2N2OS. The van der Waals surface area contributed by atoms with Crippen molar-refractivity contribution in [2.24, 2.45) is 11.7 Å². The van der Waals surface area contributed by atoms with E-state index in [1.165, 1.54) is 17.8 Å². The monoisotopic (exact) mass is 274 g/mol. The summed E-state index contributed by atoms with van der Waals surface area (Å²) in [6.45, 7) is 2.56. The number of nitrogens with two attached hydrogens (primary N) is 1. The highest BCUT2D eigenvalue weighted by Crippen LogP contribution is 2.15. The van der Waals surface area contributed by atoms with Crippen molar-refractivity contribution in [3.05, 3.63) is 29.8 Å². The summed E-state index contributed by atoms with van der Waals surface area (Å²) in [5.74, 6) is -0.419. The fourth-order valence-electron chi connectivity index (χ4n) is 1.20. The smallest absolute Gasteiger partial charge is 0.234 e. The van der Waals surface area contributed by atoms with Gasteiger partial charge in [0.15, 0.2) is 0 Å². The molecule has 0 fully saturated rings. The minimum Gasteiger partial charge on any atom is -0.330 e. The molecule has 0 aliphatic heterocycles. The topological polar surface area (TPSA) is 55.1 Å². The molecule has 1 amide bonds. The second kappa shape index (κ2) is 7.33. The Balaban J connectivity index is 2.40. The zero-order chi connectivity index (χ0) is 13.5. The molecule has 100 valence electrons. The Morgan fingerprint density at radius 2 is 2.22 bits per heavy atom. The van der Waals surface area contributed by atoms with Gasteiger partial charge in [-0.1, -0.05) is 6.92 Å². The number of hydrogen-bond acceptors (Lipinski definition) is 3. The number of carbonyl (C=O) groups excluding carboxylic acids is 1. The number of anilines is 1. The second-order valence-corrected chi connectivity index (χ2v) is 5.06. The summed E-state index contributed by atoms with van der Waals surface area (Å²) < 4.78 is 25.9. The van der Waals surface area contributed by atoms with Gasteiger partial charge in [0.25, 0.3) is 0 Å². The van der Waals surface area contributed by atoms with E-state index in [2.05, 4.69) is 5.32 Å². The maximum absolute atomic E-state index is 13.2. The molecule has 3 N–H and O–H groups in total.